The topological polar surface area (TPSA) is 58.6 Å². The Morgan fingerprint density at radius 1 is 1.00 bits per heavy atom. The predicted molar refractivity (Wildman–Crippen MR) is 115 cm³/mol. The highest BCUT2D eigenvalue weighted by Crippen LogP contribution is 2.32. The van der Waals surface area contributed by atoms with Crippen LogP contribution in [0.2, 0.25) is 0 Å². The first-order valence-corrected chi connectivity index (χ1v) is 10.4. The summed E-state index contributed by atoms with van der Waals surface area (Å²) >= 11 is 0. The van der Waals surface area contributed by atoms with Crippen molar-refractivity contribution in [2.75, 3.05) is 6.54 Å². The molecule has 1 N–H and O–H groups in total. The Labute approximate surface area is 185 Å². The van der Waals surface area contributed by atoms with E-state index in [1.165, 1.54) is 12.1 Å². The summed E-state index contributed by atoms with van der Waals surface area (Å²) in [5, 5.41) is 2.57. The van der Waals surface area contributed by atoms with E-state index in [2.05, 4.69) is 5.32 Å². The lowest BCUT2D eigenvalue weighted by molar-refractivity contribution is -0.137. The Morgan fingerprint density at radius 2 is 1.62 bits per heavy atom. The van der Waals surface area contributed by atoms with E-state index in [0.29, 0.717) is 25.1 Å². The number of benzene rings is 2. The molecular weight excluding hydrogens is 421 g/mol. The van der Waals surface area contributed by atoms with Crippen molar-refractivity contribution in [3.8, 4) is 11.1 Å². The fourth-order valence-corrected chi connectivity index (χ4v) is 3.59. The second kappa shape index (κ2) is 8.84. The number of ether oxygens (including phenoxy) is 1. The lowest BCUT2D eigenvalue weighted by Crippen LogP contribution is -2.49. The quantitative estimate of drug-likeness (QED) is 0.705. The predicted octanol–water partition coefficient (Wildman–Crippen LogP) is 5.17. The molecule has 0 bridgehead atoms. The van der Waals surface area contributed by atoms with E-state index in [1.54, 1.807) is 32.6 Å². The Bertz CT molecular complexity index is 995. The van der Waals surface area contributed by atoms with Gasteiger partial charge in [-0.05, 0) is 68.5 Å². The SMILES string of the molecule is C[C@@H](NC(=O)OC(C)(C)C)C(=O)N1CCc2cc(-c3ccc(C(F)(F)F)cc3)ccc2C1. The van der Waals surface area contributed by atoms with E-state index in [-0.39, 0.29) is 5.91 Å². The maximum atomic E-state index is 12.8. The van der Waals surface area contributed by atoms with E-state index in [0.717, 1.165) is 28.8 Å². The maximum Gasteiger partial charge on any atom is 0.416 e. The van der Waals surface area contributed by atoms with Gasteiger partial charge >= 0.3 is 12.3 Å². The number of halogens is 3. The minimum atomic E-state index is -4.36. The van der Waals surface area contributed by atoms with Crippen LogP contribution in [0.3, 0.4) is 0 Å². The maximum absolute atomic E-state index is 12.8. The van der Waals surface area contributed by atoms with Crippen LogP contribution in [0.5, 0.6) is 0 Å². The van der Waals surface area contributed by atoms with Gasteiger partial charge in [-0.2, -0.15) is 13.2 Å². The summed E-state index contributed by atoms with van der Waals surface area (Å²) in [5.41, 5.74) is 2.24. The van der Waals surface area contributed by atoms with Crippen molar-refractivity contribution < 1.29 is 27.5 Å². The lowest BCUT2D eigenvalue weighted by Gasteiger charge is -2.31. The van der Waals surface area contributed by atoms with Crippen molar-refractivity contribution in [2.24, 2.45) is 0 Å². The molecule has 0 unspecified atom stereocenters. The third kappa shape index (κ3) is 5.81. The number of alkyl halides is 3. The number of fused-ring (bicyclic) bond motifs is 1. The molecule has 1 atom stereocenters. The molecule has 2 aromatic carbocycles. The Morgan fingerprint density at radius 3 is 2.22 bits per heavy atom. The van der Waals surface area contributed by atoms with Crippen LogP contribution in [0, 0.1) is 0 Å². The van der Waals surface area contributed by atoms with Crippen LogP contribution in [0.4, 0.5) is 18.0 Å². The van der Waals surface area contributed by atoms with Crippen LogP contribution < -0.4 is 5.32 Å². The average Bonchev–Trinajstić information content (AvgIpc) is 2.70. The van der Waals surface area contributed by atoms with Crippen LogP contribution in [-0.4, -0.2) is 35.1 Å². The number of hydrogen-bond acceptors (Lipinski definition) is 3. The molecule has 5 nitrogen and oxygen atoms in total. The standard InChI is InChI=1S/C24H27F3N2O3/c1-15(28-22(31)32-23(2,3)4)21(30)29-12-11-18-13-17(5-6-19(18)14-29)16-7-9-20(10-8-16)24(25,26)27/h5-10,13,15H,11-12,14H2,1-4H3,(H,28,31)/t15-/m1/s1. The van der Waals surface area contributed by atoms with Gasteiger partial charge < -0.3 is 15.0 Å². The van der Waals surface area contributed by atoms with E-state index in [4.69, 9.17) is 4.74 Å². The summed E-state index contributed by atoms with van der Waals surface area (Å²) in [4.78, 5) is 26.4. The van der Waals surface area contributed by atoms with Gasteiger partial charge in [0.1, 0.15) is 11.6 Å². The number of rotatable bonds is 3. The highest BCUT2D eigenvalue weighted by molar-refractivity contribution is 5.85. The highest BCUT2D eigenvalue weighted by Gasteiger charge is 2.30. The van der Waals surface area contributed by atoms with E-state index >= 15 is 0 Å². The van der Waals surface area contributed by atoms with Crippen molar-refractivity contribution in [3.63, 3.8) is 0 Å². The van der Waals surface area contributed by atoms with E-state index in [1.807, 2.05) is 18.2 Å². The molecule has 0 aliphatic carbocycles. The van der Waals surface area contributed by atoms with Crippen LogP contribution in [0.1, 0.15) is 44.4 Å². The Balaban J connectivity index is 1.66. The van der Waals surface area contributed by atoms with Gasteiger partial charge in [-0.15, -0.1) is 0 Å². The number of alkyl carbamates (subject to hydrolysis) is 1. The van der Waals surface area contributed by atoms with Crippen LogP contribution in [0.15, 0.2) is 42.5 Å². The number of amides is 2. The monoisotopic (exact) mass is 448 g/mol. The Hall–Kier alpha value is -3.03. The van der Waals surface area contributed by atoms with Crippen molar-refractivity contribution >= 4 is 12.0 Å². The fraction of sp³-hybridized carbons (Fsp3) is 0.417. The van der Waals surface area contributed by atoms with Gasteiger partial charge in [0.2, 0.25) is 5.91 Å². The normalized spacial score (nSPS) is 15.0. The Kier molecular flexibility index (Phi) is 6.53. The zero-order valence-electron chi connectivity index (χ0n) is 18.5. The fourth-order valence-electron chi connectivity index (χ4n) is 3.59. The summed E-state index contributed by atoms with van der Waals surface area (Å²) in [5.74, 6) is -0.201. The molecule has 0 saturated carbocycles. The van der Waals surface area contributed by atoms with Crippen LogP contribution >= 0.6 is 0 Å². The van der Waals surface area contributed by atoms with Crippen molar-refractivity contribution in [3.05, 3.63) is 59.2 Å². The van der Waals surface area contributed by atoms with Gasteiger partial charge in [0.15, 0.2) is 0 Å². The number of carbonyl (C=O) groups excluding carboxylic acids is 2. The molecule has 0 saturated heterocycles. The molecule has 2 aromatic rings. The highest BCUT2D eigenvalue weighted by atomic mass is 19.4. The summed E-state index contributed by atoms with van der Waals surface area (Å²) in [7, 11) is 0. The van der Waals surface area contributed by atoms with Gasteiger partial charge in [0.25, 0.3) is 0 Å². The van der Waals surface area contributed by atoms with Crippen molar-refractivity contribution in [1.29, 1.82) is 0 Å². The van der Waals surface area contributed by atoms with Gasteiger partial charge in [-0.3, -0.25) is 4.79 Å². The van der Waals surface area contributed by atoms with Gasteiger partial charge in [0.05, 0.1) is 5.56 Å². The number of nitrogens with one attached hydrogen (secondary N) is 1. The van der Waals surface area contributed by atoms with Gasteiger partial charge in [0, 0.05) is 13.1 Å². The minimum Gasteiger partial charge on any atom is -0.444 e. The molecule has 2 amide bonds. The number of hydrogen-bond donors (Lipinski definition) is 1. The molecule has 1 aliphatic rings. The third-order valence-electron chi connectivity index (χ3n) is 5.18. The first-order chi connectivity index (χ1) is 14.8. The van der Waals surface area contributed by atoms with Crippen molar-refractivity contribution in [1.82, 2.24) is 10.2 Å². The molecule has 0 fully saturated rings. The zero-order valence-corrected chi connectivity index (χ0v) is 18.5. The summed E-state index contributed by atoms with van der Waals surface area (Å²) in [6.07, 6.45) is -4.38. The first-order valence-electron chi connectivity index (χ1n) is 10.4. The van der Waals surface area contributed by atoms with E-state index < -0.39 is 29.5 Å². The molecule has 1 heterocycles. The third-order valence-corrected chi connectivity index (χ3v) is 5.18. The summed E-state index contributed by atoms with van der Waals surface area (Å²) in [6, 6.07) is 10.1. The molecule has 172 valence electrons. The van der Waals surface area contributed by atoms with Crippen molar-refractivity contribution in [2.45, 2.75) is 58.5 Å². The lowest BCUT2D eigenvalue weighted by atomic mass is 9.94. The van der Waals surface area contributed by atoms with E-state index in [9.17, 15) is 22.8 Å². The molecule has 32 heavy (non-hydrogen) atoms. The largest absolute Gasteiger partial charge is 0.444 e. The summed E-state index contributed by atoms with van der Waals surface area (Å²) in [6.45, 7) is 7.76. The zero-order chi connectivity index (χ0) is 23.7. The molecule has 1 aliphatic heterocycles. The summed E-state index contributed by atoms with van der Waals surface area (Å²) < 4.78 is 43.6. The van der Waals surface area contributed by atoms with Crippen LogP contribution in [-0.2, 0) is 28.7 Å². The number of nitrogens with zero attached hydrogens (tertiary/aromatic N) is 1. The minimum absolute atomic E-state index is 0.201. The average molecular weight is 448 g/mol. The number of carbonyl (C=O) groups is 2. The molecule has 0 spiro atoms. The molecule has 0 aromatic heterocycles. The first kappa shape index (κ1) is 23.6. The smallest absolute Gasteiger partial charge is 0.416 e. The molecular formula is C24H27F3N2O3. The second-order valence-electron chi connectivity index (χ2n) is 8.94. The molecule has 0 radical (unpaired) electrons. The molecule has 8 heteroatoms. The van der Waals surface area contributed by atoms with Gasteiger partial charge in [-0.25, -0.2) is 4.79 Å². The molecule has 3 rings (SSSR count). The second-order valence-corrected chi connectivity index (χ2v) is 8.94. The van der Waals surface area contributed by atoms with Crippen LogP contribution in [0.25, 0.3) is 11.1 Å². The van der Waals surface area contributed by atoms with Gasteiger partial charge in [-0.1, -0.05) is 30.3 Å².